The number of nitrogens with one attached hydrogen (secondary N) is 1. The van der Waals surface area contributed by atoms with Crippen LogP contribution in [0, 0.1) is 0 Å². The third-order valence-corrected chi connectivity index (χ3v) is 4.32. The predicted molar refractivity (Wildman–Crippen MR) is 117 cm³/mol. The highest BCUT2D eigenvalue weighted by Gasteiger charge is 2.11. The molecule has 0 saturated heterocycles. The van der Waals surface area contributed by atoms with Gasteiger partial charge >= 0.3 is 5.97 Å². The van der Waals surface area contributed by atoms with E-state index in [0.717, 1.165) is 11.3 Å². The van der Waals surface area contributed by atoms with Gasteiger partial charge in [0.05, 0.1) is 5.56 Å². The topological polar surface area (TPSA) is 67.9 Å². The summed E-state index contributed by atoms with van der Waals surface area (Å²) in [6.07, 6.45) is 0. The molecule has 0 aliphatic heterocycles. The third-order valence-electron chi connectivity index (χ3n) is 4.32. The lowest BCUT2D eigenvalue weighted by molar-refractivity contribution is -0.119. The number of ether oxygens (including phenoxy) is 2. The molecule has 0 spiro atoms. The molecule has 0 atom stereocenters. The lowest BCUT2D eigenvalue weighted by Crippen LogP contribution is -2.21. The summed E-state index contributed by atoms with van der Waals surface area (Å²) >= 11 is 0. The SMILES string of the molecule is CN(C)c1ccc(NC(=O)COC(=O)c2cccc(OCc3ccccc3)c2)cc1. The fourth-order valence-electron chi connectivity index (χ4n) is 2.71. The van der Waals surface area contributed by atoms with E-state index in [1.807, 2.05) is 61.5 Å². The zero-order valence-electron chi connectivity index (χ0n) is 17.0. The highest BCUT2D eigenvalue weighted by Crippen LogP contribution is 2.17. The van der Waals surface area contributed by atoms with Crippen molar-refractivity contribution < 1.29 is 19.1 Å². The lowest BCUT2D eigenvalue weighted by atomic mass is 10.2. The Kier molecular flexibility index (Phi) is 7.05. The molecule has 0 aliphatic rings. The van der Waals surface area contributed by atoms with Gasteiger partial charge in [-0.2, -0.15) is 0 Å². The number of benzene rings is 3. The molecule has 154 valence electrons. The van der Waals surface area contributed by atoms with Gasteiger partial charge in [0.25, 0.3) is 5.91 Å². The van der Waals surface area contributed by atoms with Gasteiger partial charge < -0.3 is 19.7 Å². The van der Waals surface area contributed by atoms with E-state index in [4.69, 9.17) is 9.47 Å². The molecule has 6 nitrogen and oxygen atoms in total. The summed E-state index contributed by atoms with van der Waals surface area (Å²) in [6, 6.07) is 23.8. The summed E-state index contributed by atoms with van der Waals surface area (Å²) < 4.78 is 10.9. The molecule has 0 saturated carbocycles. The van der Waals surface area contributed by atoms with Crippen LogP contribution < -0.4 is 15.0 Å². The number of esters is 1. The molecule has 3 aromatic carbocycles. The van der Waals surface area contributed by atoms with Crippen LogP contribution in [0.3, 0.4) is 0 Å². The molecule has 1 amide bonds. The maximum atomic E-state index is 12.3. The normalized spacial score (nSPS) is 10.2. The molecule has 3 aromatic rings. The number of rotatable bonds is 8. The van der Waals surface area contributed by atoms with E-state index in [9.17, 15) is 9.59 Å². The second-order valence-corrected chi connectivity index (χ2v) is 6.87. The number of hydrogen-bond acceptors (Lipinski definition) is 5. The minimum atomic E-state index is -0.585. The van der Waals surface area contributed by atoms with Gasteiger partial charge in [-0.05, 0) is 48.0 Å². The van der Waals surface area contributed by atoms with Gasteiger partial charge in [0.2, 0.25) is 0 Å². The molecule has 0 heterocycles. The van der Waals surface area contributed by atoms with Gasteiger partial charge in [0, 0.05) is 25.5 Å². The van der Waals surface area contributed by atoms with Gasteiger partial charge in [-0.15, -0.1) is 0 Å². The van der Waals surface area contributed by atoms with Gasteiger partial charge in [0.15, 0.2) is 6.61 Å². The molecule has 0 fully saturated rings. The van der Waals surface area contributed by atoms with Gasteiger partial charge in [-0.1, -0.05) is 36.4 Å². The molecule has 0 aliphatic carbocycles. The maximum Gasteiger partial charge on any atom is 0.338 e. The van der Waals surface area contributed by atoms with Crippen LogP contribution in [-0.2, 0) is 16.1 Å². The summed E-state index contributed by atoms with van der Waals surface area (Å²) in [5.74, 6) is -0.436. The second kappa shape index (κ2) is 10.1. The number of amides is 1. The van der Waals surface area contributed by atoms with Crippen molar-refractivity contribution in [3.63, 3.8) is 0 Å². The minimum Gasteiger partial charge on any atom is -0.489 e. The van der Waals surface area contributed by atoms with Crippen molar-refractivity contribution >= 4 is 23.3 Å². The first-order valence-electron chi connectivity index (χ1n) is 9.52. The predicted octanol–water partition coefficient (Wildman–Crippen LogP) is 4.13. The first kappa shape index (κ1) is 20.9. The van der Waals surface area contributed by atoms with Crippen molar-refractivity contribution in [1.82, 2.24) is 0 Å². The zero-order chi connectivity index (χ0) is 21.3. The van der Waals surface area contributed by atoms with Crippen LogP contribution >= 0.6 is 0 Å². The van der Waals surface area contributed by atoms with E-state index in [0.29, 0.717) is 23.6 Å². The Hall–Kier alpha value is -3.80. The smallest absolute Gasteiger partial charge is 0.338 e. The Morgan fingerprint density at radius 1 is 0.900 bits per heavy atom. The Morgan fingerprint density at radius 2 is 1.63 bits per heavy atom. The van der Waals surface area contributed by atoms with Crippen molar-refractivity contribution in [2.45, 2.75) is 6.61 Å². The standard InChI is InChI=1S/C24H24N2O4/c1-26(2)21-13-11-20(12-14-21)25-23(27)17-30-24(28)19-9-6-10-22(15-19)29-16-18-7-4-3-5-8-18/h3-15H,16-17H2,1-2H3,(H,25,27). The van der Waals surface area contributed by atoms with Crippen LogP contribution in [0.1, 0.15) is 15.9 Å². The zero-order valence-corrected chi connectivity index (χ0v) is 17.0. The van der Waals surface area contributed by atoms with Crippen molar-refractivity contribution in [2.24, 2.45) is 0 Å². The van der Waals surface area contributed by atoms with Crippen LogP contribution in [0.2, 0.25) is 0 Å². The first-order chi connectivity index (χ1) is 14.5. The third kappa shape index (κ3) is 6.10. The molecule has 0 radical (unpaired) electrons. The molecule has 0 bridgehead atoms. The Bertz CT molecular complexity index is 986. The highest BCUT2D eigenvalue weighted by atomic mass is 16.5. The molecule has 3 rings (SSSR count). The Balaban J connectivity index is 1.49. The van der Waals surface area contributed by atoms with Gasteiger partial charge in [0.1, 0.15) is 12.4 Å². The minimum absolute atomic E-state index is 0.323. The number of carbonyl (C=O) groups is 2. The molecule has 1 N–H and O–H groups in total. The first-order valence-corrected chi connectivity index (χ1v) is 9.52. The lowest BCUT2D eigenvalue weighted by Gasteiger charge is -2.13. The average Bonchev–Trinajstić information content (AvgIpc) is 2.77. The van der Waals surface area contributed by atoms with Gasteiger partial charge in [-0.25, -0.2) is 4.79 Å². The van der Waals surface area contributed by atoms with Gasteiger partial charge in [-0.3, -0.25) is 4.79 Å². The van der Waals surface area contributed by atoms with E-state index >= 15 is 0 Å². The molecular weight excluding hydrogens is 380 g/mol. The van der Waals surface area contributed by atoms with Crippen molar-refractivity contribution in [2.75, 3.05) is 30.9 Å². The second-order valence-electron chi connectivity index (χ2n) is 6.87. The summed E-state index contributed by atoms with van der Waals surface area (Å²) in [4.78, 5) is 26.3. The monoisotopic (exact) mass is 404 g/mol. The number of nitrogens with zero attached hydrogens (tertiary/aromatic N) is 1. The summed E-state index contributed by atoms with van der Waals surface area (Å²) in [6.45, 7) is 0.0255. The van der Waals surface area contributed by atoms with Crippen LogP contribution in [0.15, 0.2) is 78.9 Å². The van der Waals surface area contributed by atoms with Crippen LogP contribution in [0.25, 0.3) is 0 Å². The van der Waals surface area contributed by atoms with E-state index in [1.54, 1.807) is 36.4 Å². The fraction of sp³-hybridized carbons (Fsp3) is 0.167. The van der Waals surface area contributed by atoms with Crippen LogP contribution in [-0.4, -0.2) is 32.6 Å². The number of hydrogen-bond donors (Lipinski definition) is 1. The van der Waals surface area contributed by atoms with E-state index in [1.165, 1.54) is 0 Å². The molecule has 0 aromatic heterocycles. The van der Waals surface area contributed by atoms with Crippen molar-refractivity contribution in [1.29, 1.82) is 0 Å². The summed E-state index contributed by atoms with van der Waals surface area (Å²) in [7, 11) is 3.88. The molecule has 0 unspecified atom stereocenters. The largest absolute Gasteiger partial charge is 0.489 e. The van der Waals surface area contributed by atoms with Crippen LogP contribution in [0.4, 0.5) is 11.4 Å². The van der Waals surface area contributed by atoms with E-state index < -0.39 is 11.9 Å². The average molecular weight is 404 g/mol. The molecular formula is C24H24N2O4. The summed E-state index contributed by atoms with van der Waals surface area (Å²) in [5.41, 5.74) is 3.01. The Morgan fingerprint density at radius 3 is 2.33 bits per heavy atom. The molecule has 6 heteroatoms. The van der Waals surface area contributed by atoms with Crippen molar-refractivity contribution in [3.8, 4) is 5.75 Å². The number of anilines is 2. The fourth-order valence-corrected chi connectivity index (χ4v) is 2.71. The maximum absolute atomic E-state index is 12.3. The summed E-state index contributed by atoms with van der Waals surface area (Å²) in [5, 5.41) is 2.71. The van der Waals surface area contributed by atoms with Crippen LogP contribution in [0.5, 0.6) is 5.75 Å². The highest BCUT2D eigenvalue weighted by molar-refractivity contribution is 5.95. The Labute approximate surface area is 176 Å². The quantitative estimate of drug-likeness (QED) is 0.572. The number of carbonyl (C=O) groups excluding carboxylic acids is 2. The van der Waals surface area contributed by atoms with E-state index in [2.05, 4.69) is 5.32 Å². The van der Waals surface area contributed by atoms with Crippen molar-refractivity contribution in [3.05, 3.63) is 90.0 Å². The molecule has 30 heavy (non-hydrogen) atoms. The van der Waals surface area contributed by atoms with E-state index in [-0.39, 0.29) is 6.61 Å².